The average Bonchev–Trinajstić information content (AvgIpc) is 2.86. The van der Waals surface area contributed by atoms with Gasteiger partial charge in [0.25, 0.3) is 5.91 Å². The Bertz CT molecular complexity index is 1070. The maximum absolute atomic E-state index is 12.5. The molecule has 1 saturated heterocycles. The monoisotopic (exact) mass is 443 g/mol. The minimum absolute atomic E-state index is 0.119. The first-order valence-corrected chi connectivity index (χ1v) is 11.1. The molecular formula is C27H29N3O3. The topological polar surface area (TPSA) is 61.9 Å². The summed E-state index contributed by atoms with van der Waals surface area (Å²) < 4.78 is 5.09. The van der Waals surface area contributed by atoms with Gasteiger partial charge in [0.2, 0.25) is 0 Å². The number of methoxy groups -OCH3 is 1. The highest BCUT2D eigenvalue weighted by Gasteiger charge is 2.31. The van der Waals surface area contributed by atoms with Crippen molar-refractivity contribution < 1.29 is 14.3 Å². The zero-order valence-electron chi connectivity index (χ0n) is 19.0. The molecule has 0 radical (unpaired) electrons. The van der Waals surface area contributed by atoms with E-state index in [2.05, 4.69) is 15.1 Å². The molecule has 6 heteroatoms. The normalized spacial score (nSPS) is 15.0. The van der Waals surface area contributed by atoms with Crippen molar-refractivity contribution >= 4 is 23.3 Å². The summed E-state index contributed by atoms with van der Waals surface area (Å²) in [5.74, 6) is -0.352. The molecule has 1 fully saturated rings. The molecule has 1 unspecified atom stereocenters. The van der Waals surface area contributed by atoms with Crippen molar-refractivity contribution in [1.82, 2.24) is 4.90 Å². The molecule has 1 atom stereocenters. The number of nitrogens with one attached hydrogen (secondary N) is 1. The molecule has 0 aliphatic carbocycles. The molecule has 3 aromatic carbocycles. The maximum atomic E-state index is 12.5. The minimum Gasteiger partial charge on any atom is -0.468 e. The molecule has 1 amide bonds. The van der Waals surface area contributed by atoms with E-state index in [9.17, 15) is 9.59 Å². The van der Waals surface area contributed by atoms with Gasteiger partial charge in [-0.3, -0.25) is 9.69 Å². The highest BCUT2D eigenvalue weighted by atomic mass is 16.5. The number of anilines is 2. The fourth-order valence-corrected chi connectivity index (χ4v) is 4.15. The predicted octanol–water partition coefficient (Wildman–Crippen LogP) is 4.28. The van der Waals surface area contributed by atoms with Crippen LogP contribution in [-0.4, -0.2) is 50.1 Å². The van der Waals surface area contributed by atoms with Crippen LogP contribution in [0, 0.1) is 6.92 Å². The van der Waals surface area contributed by atoms with E-state index in [0.717, 1.165) is 48.7 Å². The van der Waals surface area contributed by atoms with E-state index in [-0.39, 0.29) is 11.9 Å². The lowest BCUT2D eigenvalue weighted by atomic mass is 10.0. The second-order valence-electron chi connectivity index (χ2n) is 8.23. The van der Waals surface area contributed by atoms with Crippen molar-refractivity contribution in [2.75, 3.05) is 43.5 Å². The first kappa shape index (κ1) is 22.6. The third-order valence-corrected chi connectivity index (χ3v) is 6.02. The second-order valence-corrected chi connectivity index (χ2v) is 8.23. The van der Waals surface area contributed by atoms with Gasteiger partial charge in [-0.25, -0.2) is 4.79 Å². The molecule has 1 aliphatic heterocycles. The second kappa shape index (κ2) is 10.3. The number of hydrogen-bond acceptors (Lipinski definition) is 5. The van der Waals surface area contributed by atoms with E-state index < -0.39 is 6.04 Å². The number of nitrogens with zero attached hydrogens (tertiary/aromatic N) is 2. The van der Waals surface area contributed by atoms with Crippen LogP contribution in [0.15, 0.2) is 78.9 Å². The van der Waals surface area contributed by atoms with E-state index in [1.54, 1.807) is 0 Å². The molecule has 6 nitrogen and oxygen atoms in total. The van der Waals surface area contributed by atoms with Crippen molar-refractivity contribution in [2.24, 2.45) is 0 Å². The van der Waals surface area contributed by atoms with E-state index in [1.807, 2.05) is 85.8 Å². The Labute approximate surface area is 194 Å². The van der Waals surface area contributed by atoms with Gasteiger partial charge in [-0.2, -0.15) is 0 Å². The molecule has 0 saturated carbocycles. The van der Waals surface area contributed by atoms with Gasteiger partial charge >= 0.3 is 5.97 Å². The fourth-order valence-electron chi connectivity index (χ4n) is 4.15. The lowest BCUT2D eigenvalue weighted by Gasteiger charge is -2.39. The van der Waals surface area contributed by atoms with Crippen LogP contribution in [0.4, 0.5) is 11.4 Å². The summed E-state index contributed by atoms with van der Waals surface area (Å²) in [6, 6.07) is 24.8. The lowest BCUT2D eigenvalue weighted by molar-refractivity contribution is -0.147. The molecule has 3 aromatic rings. The maximum Gasteiger partial charge on any atom is 0.327 e. The smallest absolute Gasteiger partial charge is 0.327 e. The number of piperazine rings is 1. The molecule has 1 aliphatic rings. The van der Waals surface area contributed by atoms with Gasteiger partial charge in [-0.1, -0.05) is 48.0 Å². The summed E-state index contributed by atoms with van der Waals surface area (Å²) in [5, 5.41) is 2.95. The average molecular weight is 444 g/mol. The van der Waals surface area contributed by atoms with Crippen LogP contribution in [0.25, 0.3) is 0 Å². The van der Waals surface area contributed by atoms with Crippen molar-refractivity contribution in [2.45, 2.75) is 13.0 Å². The molecule has 170 valence electrons. The third-order valence-electron chi connectivity index (χ3n) is 6.02. The molecule has 1 heterocycles. The standard InChI is InChI=1S/C27H29N3O3/c1-20-8-10-22(11-9-20)26(31)28-23-12-14-24(15-13-23)29-16-18-30(19-17-29)25(27(32)33-2)21-6-4-3-5-7-21/h3-15,25H,16-19H2,1-2H3,(H,28,31). The van der Waals surface area contributed by atoms with Crippen LogP contribution in [0.5, 0.6) is 0 Å². The van der Waals surface area contributed by atoms with Gasteiger partial charge in [-0.05, 0) is 48.9 Å². The Balaban J connectivity index is 1.37. The van der Waals surface area contributed by atoms with Crippen molar-refractivity contribution in [3.05, 3.63) is 95.6 Å². The Morgan fingerprint density at radius 3 is 2.09 bits per heavy atom. The quantitative estimate of drug-likeness (QED) is 0.576. The highest BCUT2D eigenvalue weighted by Crippen LogP contribution is 2.26. The number of carbonyl (C=O) groups excluding carboxylic acids is 2. The number of rotatable bonds is 6. The number of hydrogen-bond donors (Lipinski definition) is 1. The molecule has 33 heavy (non-hydrogen) atoms. The van der Waals surface area contributed by atoms with Crippen molar-refractivity contribution in [1.29, 1.82) is 0 Å². The molecular weight excluding hydrogens is 414 g/mol. The Morgan fingerprint density at radius 1 is 0.848 bits per heavy atom. The van der Waals surface area contributed by atoms with Gasteiger partial charge in [-0.15, -0.1) is 0 Å². The van der Waals surface area contributed by atoms with E-state index in [1.165, 1.54) is 7.11 Å². The Kier molecular flexibility index (Phi) is 7.05. The molecule has 4 rings (SSSR count). The predicted molar refractivity (Wildman–Crippen MR) is 131 cm³/mol. The summed E-state index contributed by atoms with van der Waals surface area (Å²) in [5.41, 5.74) is 4.57. The zero-order chi connectivity index (χ0) is 23.2. The number of amides is 1. The number of benzene rings is 3. The van der Waals surface area contributed by atoms with Crippen LogP contribution in [-0.2, 0) is 9.53 Å². The number of aryl methyl sites for hydroxylation is 1. The SMILES string of the molecule is COC(=O)C(c1ccccc1)N1CCN(c2ccc(NC(=O)c3ccc(C)cc3)cc2)CC1. The van der Waals surface area contributed by atoms with Gasteiger partial charge < -0.3 is 15.0 Å². The first-order chi connectivity index (χ1) is 16.0. The summed E-state index contributed by atoms with van der Waals surface area (Å²) in [6.07, 6.45) is 0. The van der Waals surface area contributed by atoms with Crippen LogP contribution in [0.2, 0.25) is 0 Å². The lowest BCUT2D eigenvalue weighted by Crippen LogP contribution is -2.49. The first-order valence-electron chi connectivity index (χ1n) is 11.1. The number of esters is 1. The van der Waals surface area contributed by atoms with Crippen LogP contribution in [0.3, 0.4) is 0 Å². The van der Waals surface area contributed by atoms with Gasteiger partial charge in [0.05, 0.1) is 7.11 Å². The number of carbonyl (C=O) groups is 2. The summed E-state index contributed by atoms with van der Waals surface area (Å²) in [6.45, 7) is 5.10. The van der Waals surface area contributed by atoms with E-state index in [0.29, 0.717) is 5.56 Å². The van der Waals surface area contributed by atoms with E-state index >= 15 is 0 Å². The van der Waals surface area contributed by atoms with Gasteiger partial charge in [0.1, 0.15) is 6.04 Å². The van der Waals surface area contributed by atoms with Gasteiger partial charge in [0, 0.05) is 43.1 Å². The van der Waals surface area contributed by atoms with Crippen LogP contribution in [0.1, 0.15) is 27.5 Å². The Morgan fingerprint density at radius 2 is 1.48 bits per heavy atom. The highest BCUT2D eigenvalue weighted by molar-refractivity contribution is 6.04. The zero-order valence-corrected chi connectivity index (χ0v) is 19.0. The molecule has 0 aromatic heterocycles. The van der Waals surface area contributed by atoms with Crippen molar-refractivity contribution in [3.8, 4) is 0 Å². The summed E-state index contributed by atoms with van der Waals surface area (Å²) in [4.78, 5) is 29.4. The van der Waals surface area contributed by atoms with Gasteiger partial charge in [0.15, 0.2) is 0 Å². The fraction of sp³-hybridized carbons (Fsp3) is 0.259. The molecule has 0 spiro atoms. The largest absolute Gasteiger partial charge is 0.468 e. The van der Waals surface area contributed by atoms with Crippen LogP contribution < -0.4 is 10.2 Å². The third kappa shape index (κ3) is 5.41. The van der Waals surface area contributed by atoms with Crippen LogP contribution >= 0.6 is 0 Å². The minimum atomic E-state index is -0.391. The summed E-state index contributed by atoms with van der Waals surface area (Å²) >= 11 is 0. The Hall–Kier alpha value is -3.64. The van der Waals surface area contributed by atoms with Crippen molar-refractivity contribution in [3.63, 3.8) is 0 Å². The molecule has 1 N–H and O–H groups in total. The molecule has 0 bridgehead atoms. The number of ether oxygens (including phenoxy) is 1. The van der Waals surface area contributed by atoms with E-state index in [4.69, 9.17) is 4.74 Å². The summed E-state index contributed by atoms with van der Waals surface area (Å²) in [7, 11) is 1.44.